The van der Waals surface area contributed by atoms with Gasteiger partial charge in [-0.05, 0) is 20.3 Å². The number of ether oxygens (including phenoxy) is 1. The Labute approximate surface area is 103 Å². The van der Waals surface area contributed by atoms with E-state index in [9.17, 15) is 8.42 Å². The second kappa shape index (κ2) is 4.50. The van der Waals surface area contributed by atoms with Gasteiger partial charge in [0, 0.05) is 25.2 Å². The van der Waals surface area contributed by atoms with E-state index < -0.39 is 9.84 Å². The Morgan fingerprint density at radius 2 is 2.06 bits per heavy atom. The summed E-state index contributed by atoms with van der Waals surface area (Å²) in [5.41, 5.74) is -0.286. The van der Waals surface area contributed by atoms with E-state index in [1.54, 1.807) is 0 Å². The van der Waals surface area contributed by atoms with Crippen LogP contribution >= 0.6 is 0 Å². The molecule has 6 heteroatoms. The predicted octanol–water partition coefficient (Wildman–Crippen LogP) is -0.468. The Kier molecular flexibility index (Phi) is 3.51. The second-order valence-corrected chi connectivity index (χ2v) is 7.92. The van der Waals surface area contributed by atoms with Crippen LogP contribution in [0.1, 0.15) is 20.3 Å². The summed E-state index contributed by atoms with van der Waals surface area (Å²) < 4.78 is 28.6. The third-order valence-electron chi connectivity index (χ3n) is 3.61. The summed E-state index contributed by atoms with van der Waals surface area (Å²) in [6.07, 6.45) is 0.703. The molecule has 17 heavy (non-hydrogen) atoms. The molecule has 1 unspecified atom stereocenters. The molecule has 0 aromatic carbocycles. The number of nitrogens with one attached hydrogen (secondary N) is 2. The molecular formula is C11H22N2O3S. The summed E-state index contributed by atoms with van der Waals surface area (Å²) in [6.45, 7) is 7.21. The fourth-order valence-electron chi connectivity index (χ4n) is 2.38. The molecule has 1 atom stereocenters. The van der Waals surface area contributed by atoms with Crippen LogP contribution in [0.3, 0.4) is 0 Å². The van der Waals surface area contributed by atoms with Crippen LogP contribution < -0.4 is 10.6 Å². The van der Waals surface area contributed by atoms with Crippen molar-refractivity contribution in [3.63, 3.8) is 0 Å². The minimum absolute atomic E-state index is 0.0235. The van der Waals surface area contributed by atoms with Crippen molar-refractivity contribution >= 4 is 9.84 Å². The highest BCUT2D eigenvalue weighted by atomic mass is 32.2. The molecular weight excluding hydrogens is 240 g/mol. The van der Waals surface area contributed by atoms with Crippen molar-refractivity contribution in [2.45, 2.75) is 31.4 Å². The highest BCUT2D eigenvalue weighted by Gasteiger charge is 2.38. The topological polar surface area (TPSA) is 67.4 Å². The Hall–Kier alpha value is -0.170. The van der Waals surface area contributed by atoms with Crippen LogP contribution in [-0.2, 0) is 14.6 Å². The van der Waals surface area contributed by atoms with Crippen LogP contribution in [0.5, 0.6) is 0 Å². The van der Waals surface area contributed by atoms with Crippen molar-refractivity contribution < 1.29 is 13.2 Å². The first kappa shape index (κ1) is 13.3. The van der Waals surface area contributed by atoms with Gasteiger partial charge in [-0.1, -0.05) is 0 Å². The highest BCUT2D eigenvalue weighted by molar-refractivity contribution is 7.91. The zero-order valence-electron chi connectivity index (χ0n) is 10.6. The standard InChI is InChI=1S/C11H22N2O3S/c1-10(3-6-17(14,15)9-10)13-4-5-16-11(2)7-12-8-11/h12-13H,3-9H2,1-2H3. The second-order valence-electron chi connectivity index (χ2n) is 5.73. The predicted molar refractivity (Wildman–Crippen MR) is 66.9 cm³/mol. The van der Waals surface area contributed by atoms with Gasteiger partial charge in [-0.15, -0.1) is 0 Å². The molecule has 0 amide bonds. The first-order valence-electron chi connectivity index (χ1n) is 6.13. The number of hydrogen-bond acceptors (Lipinski definition) is 5. The lowest BCUT2D eigenvalue weighted by Crippen LogP contribution is -2.59. The first-order chi connectivity index (χ1) is 7.83. The van der Waals surface area contributed by atoms with E-state index in [0.717, 1.165) is 13.1 Å². The lowest BCUT2D eigenvalue weighted by Gasteiger charge is -2.39. The Morgan fingerprint density at radius 3 is 2.53 bits per heavy atom. The molecule has 5 nitrogen and oxygen atoms in total. The minimum atomic E-state index is -2.83. The van der Waals surface area contributed by atoms with E-state index in [4.69, 9.17) is 4.74 Å². The molecule has 2 heterocycles. The summed E-state index contributed by atoms with van der Waals surface area (Å²) in [5.74, 6) is 0.553. The van der Waals surface area contributed by atoms with Crippen molar-refractivity contribution in [1.29, 1.82) is 0 Å². The summed E-state index contributed by atoms with van der Waals surface area (Å²) in [4.78, 5) is 0. The van der Waals surface area contributed by atoms with Gasteiger partial charge < -0.3 is 15.4 Å². The van der Waals surface area contributed by atoms with Crippen molar-refractivity contribution in [3.05, 3.63) is 0 Å². The zero-order valence-corrected chi connectivity index (χ0v) is 11.4. The molecule has 100 valence electrons. The van der Waals surface area contributed by atoms with Crippen LogP contribution in [0, 0.1) is 0 Å². The molecule has 2 fully saturated rings. The average Bonchev–Trinajstić information content (AvgIpc) is 2.46. The number of hydrogen-bond donors (Lipinski definition) is 2. The molecule has 0 bridgehead atoms. The summed E-state index contributed by atoms with van der Waals surface area (Å²) in [7, 11) is -2.83. The summed E-state index contributed by atoms with van der Waals surface area (Å²) >= 11 is 0. The maximum atomic E-state index is 11.4. The Bertz CT molecular complexity index is 378. The van der Waals surface area contributed by atoms with Gasteiger partial charge in [0.05, 0.1) is 23.7 Å². The van der Waals surface area contributed by atoms with Crippen molar-refractivity contribution in [2.24, 2.45) is 0 Å². The molecule has 2 aliphatic rings. The molecule has 0 aromatic rings. The lowest BCUT2D eigenvalue weighted by atomic mass is 10.00. The van der Waals surface area contributed by atoms with Crippen molar-refractivity contribution in [1.82, 2.24) is 10.6 Å². The number of sulfone groups is 1. The summed E-state index contributed by atoms with van der Waals surface area (Å²) in [5, 5.41) is 6.49. The van der Waals surface area contributed by atoms with Gasteiger partial charge in [0.1, 0.15) is 0 Å². The maximum absolute atomic E-state index is 11.4. The van der Waals surface area contributed by atoms with E-state index in [-0.39, 0.29) is 16.9 Å². The van der Waals surface area contributed by atoms with Gasteiger partial charge in [0.15, 0.2) is 9.84 Å². The van der Waals surface area contributed by atoms with Crippen LogP contribution in [0.15, 0.2) is 0 Å². The Balaban J connectivity index is 1.68. The highest BCUT2D eigenvalue weighted by Crippen LogP contribution is 2.22. The van der Waals surface area contributed by atoms with Crippen LogP contribution in [-0.4, -0.2) is 57.3 Å². The molecule has 2 aliphatic heterocycles. The average molecular weight is 262 g/mol. The minimum Gasteiger partial charge on any atom is -0.371 e. The largest absolute Gasteiger partial charge is 0.371 e. The van der Waals surface area contributed by atoms with Gasteiger partial charge in [-0.3, -0.25) is 0 Å². The van der Waals surface area contributed by atoms with E-state index in [1.165, 1.54) is 0 Å². The van der Waals surface area contributed by atoms with Gasteiger partial charge in [-0.2, -0.15) is 0 Å². The molecule has 0 spiro atoms. The zero-order chi connectivity index (χ0) is 12.6. The number of rotatable bonds is 5. The van der Waals surface area contributed by atoms with E-state index in [0.29, 0.717) is 25.3 Å². The Morgan fingerprint density at radius 1 is 1.35 bits per heavy atom. The van der Waals surface area contributed by atoms with E-state index >= 15 is 0 Å². The van der Waals surface area contributed by atoms with E-state index in [2.05, 4.69) is 17.6 Å². The van der Waals surface area contributed by atoms with Crippen molar-refractivity contribution in [2.75, 3.05) is 37.7 Å². The summed E-state index contributed by atoms with van der Waals surface area (Å²) in [6, 6.07) is 0. The first-order valence-corrected chi connectivity index (χ1v) is 7.95. The molecule has 2 saturated heterocycles. The molecule has 2 N–H and O–H groups in total. The normalized spacial score (nSPS) is 34.5. The lowest BCUT2D eigenvalue weighted by molar-refractivity contribution is -0.0658. The molecule has 2 rings (SSSR count). The molecule has 0 aliphatic carbocycles. The fourth-order valence-corrected chi connectivity index (χ4v) is 4.50. The van der Waals surface area contributed by atoms with Crippen LogP contribution in [0.25, 0.3) is 0 Å². The van der Waals surface area contributed by atoms with E-state index in [1.807, 2.05) is 6.92 Å². The maximum Gasteiger partial charge on any atom is 0.152 e. The third-order valence-corrected chi connectivity index (χ3v) is 5.51. The fraction of sp³-hybridized carbons (Fsp3) is 1.00. The van der Waals surface area contributed by atoms with Gasteiger partial charge in [0.25, 0.3) is 0 Å². The van der Waals surface area contributed by atoms with Gasteiger partial charge in [0.2, 0.25) is 0 Å². The SMILES string of the molecule is CC1(NCCOC2(C)CNC2)CCS(=O)(=O)C1. The van der Waals surface area contributed by atoms with Gasteiger partial charge in [-0.25, -0.2) is 8.42 Å². The monoisotopic (exact) mass is 262 g/mol. The van der Waals surface area contributed by atoms with Crippen LogP contribution in [0.2, 0.25) is 0 Å². The van der Waals surface area contributed by atoms with Crippen LogP contribution in [0.4, 0.5) is 0 Å². The smallest absolute Gasteiger partial charge is 0.152 e. The van der Waals surface area contributed by atoms with Gasteiger partial charge >= 0.3 is 0 Å². The third kappa shape index (κ3) is 3.40. The molecule has 0 radical (unpaired) electrons. The molecule has 0 aromatic heterocycles. The molecule has 0 saturated carbocycles. The quantitative estimate of drug-likeness (QED) is 0.656. The van der Waals surface area contributed by atoms with Crippen molar-refractivity contribution in [3.8, 4) is 0 Å².